The molecule has 1 aliphatic rings. The zero-order chi connectivity index (χ0) is 20.1. The topological polar surface area (TPSA) is 65.1 Å². The maximum absolute atomic E-state index is 5.40. The molecular weight excluding hydrogens is 364 g/mol. The summed E-state index contributed by atoms with van der Waals surface area (Å²) in [5, 5.41) is 8.64. The fourth-order valence-electron chi connectivity index (χ4n) is 4.18. The molecule has 0 spiro atoms. The van der Waals surface area contributed by atoms with Crippen LogP contribution in [0.4, 0.5) is 5.69 Å². The van der Waals surface area contributed by atoms with Gasteiger partial charge in [0.25, 0.3) is 0 Å². The van der Waals surface area contributed by atoms with Gasteiger partial charge in [-0.05, 0) is 60.9 Å². The molecule has 0 atom stereocenters. The van der Waals surface area contributed by atoms with Gasteiger partial charge in [0.1, 0.15) is 17.2 Å². The number of benzene rings is 1. The van der Waals surface area contributed by atoms with Crippen LogP contribution in [0, 0.1) is 13.8 Å². The van der Waals surface area contributed by atoms with Crippen LogP contribution in [0.5, 0.6) is 5.75 Å². The van der Waals surface area contributed by atoms with Crippen molar-refractivity contribution >= 4 is 22.3 Å². The molecule has 0 saturated carbocycles. The highest BCUT2D eigenvalue weighted by atomic mass is 16.5. The van der Waals surface area contributed by atoms with Crippen LogP contribution in [0.1, 0.15) is 22.7 Å². The Bertz CT molecular complexity index is 1260. The van der Waals surface area contributed by atoms with Crippen molar-refractivity contribution in [3.05, 3.63) is 65.4 Å². The Hall–Kier alpha value is -3.54. The van der Waals surface area contributed by atoms with Crippen LogP contribution in [0.15, 0.2) is 47.3 Å². The summed E-state index contributed by atoms with van der Waals surface area (Å²) < 4.78 is 12.9. The third kappa shape index (κ3) is 2.71. The van der Waals surface area contributed by atoms with Gasteiger partial charge in [-0.2, -0.15) is 0 Å². The summed E-state index contributed by atoms with van der Waals surface area (Å²) in [5.74, 6) is 1.69. The average Bonchev–Trinajstić information content (AvgIpc) is 3.26. The fraction of sp³-hybridized carbons (Fsp3) is 0.217. The number of nitrogens with zero attached hydrogens (tertiary/aromatic N) is 3. The summed E-state index contributed by atoms with van der Waals surface area (Å²) in [5.41, 5.74) is 8.63. The molecular formula is C23H22N4O2. The zero-order valence-corrected chi connectivity index (χ0v) is 16.9. The molecule has 146 valence electrons. The van der Waals surface area contributed by atoms with E-state index in [0.717, 1.165) is 57.2 Å². The number of methoxy groups -OCH3 is 1. The van der Waals surface area contributed by atoms with E-state index in [1.807, 2.05) is 32.2 Å². The lowest BCUT2D eigenvalue weighted by Crippen LogP contribution is -2.08. The minimum atomic E-state index is 0.819. The molecule has 6 heteroatoms. The molecule has 0 fully saturated rings. The van der Waals surface area contributed by atoms with Crippen LogP contribution in [-0.2, 0) is 13.5 Å². The minimum Gasteiger partial charge on any atom is -0.497 e. The maximum atomic E-state index is 5.40. The van der Waals surface area contributed by atoms with Gasteiger partial charge < -0.3 is 19.1 Å². The van der Waals surface area contributed by atoms with Gasteiger partial charge in [0.2, 0.25) is 0 Å². The molecule has 4 heterocycles. The van der Waals surface area contributed by atoms with Crippen LogP contribution in [-0.4, -0.2) is 21.8 Å². The van der Waals surface area contributed by atoms with Crippen molar-refractivity contribution in [3.8, 4) is 16.9 Å². The fourth-order valence-corrected chi connectivity index (χ4v) is 4.18. The van der Waals surface area contributed by atoms with Crippen molar-refractivity contribution in [3.63, 3.8) is 0 Å². The van der Waals surface area contributed by atoms with Gasteiger partial charge in [-0.3, -0.25) is 0 Å². The highest BCUT2D eigenvalue weighted by Gasteiger charge is 2.21. The average molecular weight is 386 g/mol. The Kier molecular flexibility index (Phi) is 3.94. The molecule has 0 saturated heterocycles. The molecule has 3 aromatic heterocycles. The number of allylic oxidation sites excluding steroid dienone is 1. The van der Waals surface area contributed by atoms with Crippen LogP contribution >= 0.6 is 0 Å². The van der Waals surface area contributed by atoms with E-state index >= 15 is 0 Å². The van der Waals surface area contributed by atoms with Crippen LogP contribution < -0.4 is 10.1 Å². The second-order valence-corrected chi connectivity index (χ2v) is 7.40. The SMILES string of the molecule is COc1ccc2c(c1)CC(c1cc3c(-c4c(C)noc4C)ccnc3n1C)=CN2. The van der Waals surface area contributed by atoms with E-state index in [2.05, 4.69) is 51.5 Å². The van der Waals surface area contributed by atoms with E-state index in [-0.39, 0.29) is 0 Å². The lowest BCUT2D eigenvalue weighted by atomic mass is 9.97. The van der Waals surface area contributed by atoms with Crippen LogP contribution in [0.2, 0.25) is 0 Å². The van der Waals surface area contributed by atoms with Crippen molar-refractivity contribution in [2.24, 2.45) is 7.05 Å². The monoisotopic (exact) mass is 386 g/mol. The number of nitrogens with one attached hydrogen (secondary N) is 1. The smallest absolute Gasteiger partial charge is 0.141 e. The van der Waals surface area contributed by atoms with Gasteiger partial charge in [-0.15, -0.1) is 0 Å². The van der Waals surface area contributed by atoms with Gasteiger partial charge in [-0.25, -0.2) is 4.98 Å². The van der Waals surface area contributed by atoms with Gasteiger partial charge >= 0.3 is 0 Å². The molecule has 1 aromatic carbocycles. The van der Waals surface area contributed by atoms with E-state index < -0.39 is 0 Å². The quantitative estimate of drug-likeness (QED) is 0.545. The van der Waals surface area contributed by atoms with Gasteiger partial charge in [0, 0.05) is 48.2 Å². The standard InChI is InChI=1S/C23H22N4O2/c1-13-22(14(2)29-26-13)18-7-8-24-23-19(18)11-21(27(23)3)16-9-15-10-17(28-4)5-6-20(15)25-12-16/h5-8,10-12,25H,9H2,1-4H3. The number of anilines is 1. The Balaban J connectivity index is 1.63. The molecule has 6 nitrogen and oxygen atoms in total. The number of fused-ring (bicyclic) bond motifs is 2. The second-order valence-electron chi connectivity index (χ2n) is 7.40. The zero-order valence-electron chi connectivity index (χ0n) is 16.9. The van der Waals surface area contributed by atoms with E-state index in [4.69, 9.17) is 9.26 Å². The van der Waals surface area contributed by atoms with Crippen molar-refractivity contribution in [2.45, 2.75) is 20.3 Å². The number of aromatic nitrogens is 3. The van der Waals surface area contributed by atoms with Crippen molar-refractivity contribution in [2.75, 3.05) is 12.4 Å². The summed E-state index contributed by atoms with van der Waals surface area (Å²) >= 11 is 0. The van der Waals surface area contributed by atoms with Gasteiger partial charge in [0.15, 0.2) is 0 Å². The first-order valence-corrected chi connectivity index (χ1v) is 9.57. The van der Waals surface area contributed by atoms with Gasteiger partial charge in [0.05, 0.1) is 12.8 Å². The van der Waals surface area contributed by atoms with E-state index in [1.54, 1.807) is 7.11 Å². The van der Waals surface area contributed by atoms with Crippen molar-refractivity contribution in [1.82, 2.24) is 14.7 Å². The lowest BCUT2D eigenvalue weighted by Gasteiger charge is -2.19. The summed E-state index contributed by atoms with van der Waals surface area (Å²) in [4.78, 5) is 4.64. The highest BCUT2D eigenvalue weighted by molar-refractivity contribution is 5.97. The predicted molar refractivity (Wildman–Crippen MR) is 114 cm³/mol. The van der Waals surface area contributed by atoms with E-state index in [0.29, 0.717) is 0 Å². The Morgan fingerprint density at radius 3 is 2.79 bits per heavy atom. The van der Waals surface area contributed by atoms with Crippen LogP contribution in [0.3, 0.4) is 0 Å². The Morgan fingerprint density at radius 1 is 1.17 bits per heavy atom. The third-order valence-corrected chi connectivity index (χ3v) is 5.66. The molecule has 0 amide bonds. The molecule has 0 bridgehead atoms. The second kappa shape index (κ2) is 6.51. The molecule has 29 heavy (non-hydrogen) atoms. The number of pyridine rings is 1. The lowest BCUT2D eigenvalue weighted by molar-refractivity contribution is 0.393. The molecule has 0 aliphatic carbocycles. The highest BCUT2D eigenvalue weighted by Crippen LogP contribution is 2.37. The molecule has 1 aliphatic heterocycles. The summed E-state index contributed by atoms with van der Waals surface area (Å²) in [7, 11) is 3.75. The molecule has 5 rings (SSSR count). The third-order valence-electron chi connectivity index (χ3n) is 5.66. The summed E-state index contributed by atoms with van der Waals surface area (Å²) in [6.07, 6.45) is 4.75. The summed E-state index contributed by atoms with van der Waals surface area (Å²) in [6.45, 7) is 3.92. The minimum absolute atomic E-state index is 0.819. The molecule has 4 aromatic rings. The summed E-state index contributed by atoms with van der Waals surface area (Å²) in [6, 6.07) is 10.4. The molecule has 0 radical (unpaired) electrons. The first-order valence-electron chi connectivity index (χ1n) is 9.57. The number of hydrogen-bond donors (Lipinski definition) is 1. The van der Waals surface area contributed by atoms with Crippen molar-refractivity contribution < 1.29 is 9.26 Å². The van der Waals surface area contributed by atoms with Crippen molar-refractivity contribution in [1.29, 1.82) is 0 Å². The number of hydrogen-bond acceptors (Lipinski definition) is 5. The number of ether oxygens (including phenoxy) is 1. The Labute approximate surface area is 168 Å². The molecule has 1 N–H and O–H groups in total. The normalized spacial score (nSPS) is 13.2. The van der Waals surface area contributed by atoms with Crippen LogP contribution in [0.25, 0.3) is 27.7 Å². The Morgan fingerprint density at radius 2 is 2.03 bits per heavy atom. The molecule has 0 unspecified atom stereocenters. The van der Waals surface area contributed by atoms with E-state index in [9.17, 15) is 0 Å². The van der Waals surface area contributed by atoms with E-state index in [1.165, 1.54) is 11.1 Å². The van der Waals surface area contributed by atoms with Gasteiger partial charge in [-0.1, -0.05) is 5.16 Å². The predicted octanol–water partition coefficient (Wildman–Crippen LogP) is 4.86. The number of rotatable bonds is 3. The largest absolute Gasteiger partial charge is 0.497 e. The first-order chi connectivity index (χ1) is 14.1. The first kappa shape index (κ1) is 17.6. The maximum Gasteiger partial charge on any atom is 0.141 e. The number of aryl methyl sites for hydroxylation is 3.